The van der Waals surface area contributed by atoms with Gasteiger partial charge in [-0.1, -0.05) is 23.7 Å². The van der Waals surface area contributed by atoms with Crippen molar-refractivity contribution in [3.05, 3.63) is 28.8 Å². The van der Waals surface area contributed by atoms with Crippen molar-refractivity contribution in [2.24, 2.45) is 0 Å². The van der Waals surface area contributed by atoms with Gasteiger partial charge in [0.25, 0.3) is 0 Å². The van der Waals surface area contributed by atoms with E-state index in [4.69, 9.17) is 25.8 Å². The quantitative estimate of drug-likeness (QED) is 0.785. The third-order valence-electron chi connectivity index (χ3n) is 3.27. The first-order valence-corrected chi connectivity index (χ1v) is 7.37. The zero-order valence-corrected chi connectivity index (χ0v) is 12.8. The molecule has 6 heteroatoms. The molecule has 1 aliphatic rings. The lowest BCUT2D eigenvalue weighted by atomic mass is 10.0. The van der Waals surface area contributed by atoms with Crippen molar-refractivity contribution in [1.82, 2.24) is 5.32 Å². The summed E-state index contributed by atoms with van der Waals surface area (Å²) in [4.78, 5) is 11.9. The number of halogens is 1. The summed E-state index contributed by atoms with van der Waals surface area (Å²) < 4.78 is 15.7. The number of amides is 1. The van der Waals surface area contributed by atoms with E-state index >= 15 is 0 Å². The van der Waals surface area contributed by atoms with Crippen LogP contribution in [0.5, 0.6) is 5.75 Å². The van der Waals surface area contributed by atoms with E-state index in [9.17, 15) is 4.79 Å². The van der Waals surface area contributed by atoms with Gasteiger partial charge in [0.1, 0.15) is 5.75 Å². The van der Waals surface area contributed by atoms with Gasteiger partial charge < -0.3 is 19.5 Å². The Morgan fingerprint density at radius 1 is 1.43 bits per heavy atom. The maximum absolute atomic E-state index is 11.9. The monoisotopic (exact) mass is 313 g/mol. The lowest BCUT2D eigenvalue weighted by molar-refractivity contribution is -0.123. The molecule has 1 N–H and O–H groups in total. The number of nitrogens with one attached hydrogen (secondary N) is 1. The van der Waals surface area contributed by atoms with Crippen LogP contribution in [0.2, 0.25) is 5.02 Å². The van der Waals surface area contributed by atoms with Crippen LogP contribution in [0.1, 0.15) is 24.4 Å². The van der Waals surface area contributed by atoms with Crippen LogP contribution in [-0.2, 0) is 14.3 Å². The summed E-state index contributed by atoms with van der Waals surface area (Å²) in [5, 5.41) is 3.58. The number of methoxy groups -OCH3 is 1. The number of carbonyl (C=O) groups excluding carboxylic acids is 1. The van der Waals surface area contributed by atoms with Gasteiger partial charge in [0.15, 0.2) is 0 Å². The van der Waals surface area contributed by atoms with Crippen molar-refractivity contribution in [3.63, 3.8) is 0 Å². The van der Waals surface area contributed by atoms with Gasteiger partial charge in [-0.15, -0.1) is 0 Å². The van der Waals surface area contributed by atoms with E-state index < -0.39 is 0 Å². The Morgan fingerprint density at radius 3 is 3.10 bits per heavy atom. The van der Waals surface area contributed by atoms with E-state index in [2.05, 4.69) is 5.32 Å². The molecule has 0 spiro atoms. The lowest BCUT2D eigenvalue weighted by Crippen LogP contribution is -2.32. The third kappa shape index (κ3) is 4.59. The molecule has 1 amide bonds. The van der Waals surface area contributed by atoms with E-state index in [0.29, 0.717) is 43.6 Å². The van der Waals surface area contributed by atoms with Gasteiger partial charge in [0.2, 0.25) is 5.91 Å². The lowest BCUT2D eigenvalue weighted by Gasteiger charge is -2.27. The highest BCUT2D eigenvalue weighted by Crippen LogP contribution is 2.37. The zero-order valence-electron chi connectivity index (χ0n) is 12.1. The van der Waals surface area contributed by atoms with Crippen LogP contribution in [0.4, 0.5) is 0 Å². The predicted octanol–water partition coefficient (Wildman–Crippen LogP) is 2.33. The summed E-state index contributed by atoms with van der Waals surface area (Å²) in [7, 11) is 1.61. The number of ether oxygens (including phenoxy) is 3. The molecule has 21 heavy (non-hydrogen) atoms. The molecule has 1 aromatic rings. The Kier molecular flexibility index (Phi) is 6.29. The Hall–Kier alpha value is -1.30. The molecule has 1 aromatic carbocycles. The fourth-order valence-corrected chi connectivity index (χ4v) is 2.45. The molecule has 1 heterocycles. The second kappa shape index (κ2) is 8.22. The molecule has 0 unspecified atom stereocenters. The second-order valence-electron chi connectivity index (χ2n) is 4.77. The predicted molar refractivity (Wildman–Crippen MR) is 79.8 cm³/mol. The Bertz CT molecular complexity index is 481. The van der Waals surface area contributed by atoms with Gasteiger partial charge >= 0.3 is 0 Å². The summed E-state index contributed by atoms with van der Waals surface area (Å²) in [6, 6.07) is 5.52. The van der Waals surface area contributed by atoms with E-state index in [0.717, 1.165) is 12.0 Å². The average molecular weight is 314 g/mol. The maximum atomic E-state index is 11.9. The number of benzene rings is 1. The van der Waals surface area contributed by atoms with Gasteiger partial charge in [-0.2, -0.15) is 0 Å². The minimum absolute atomic E-state index is 0.0368. The molecule has 116 valence electrons. The molecule has 0 fully saturated rings. The minimum Gasteiger partial charge on any atom is -0.492 e. The zero-order chi connectivity index (χ0) is 15.1. The van der Waals surface area contributed by atoms with Crippen LogP contribution in [0.15, 0.2) is 18.2 Å². The minimum atomic E-state index is -0.0566. The van der Waals surface area contributed by atoms with Crippen LogP contribution in [-0.4, -0.2) is 39.4 Å². The first-order chi connectivity index (χ1) is 10.2. The molecule has 0 saturated carbocycles. The van der Waals surface area contributed by atoms with Gasteiger partial charge in [-0.3, -0.25) is 4.79 Å². The van der Waals surface area contributed by atoms with Crippen molar-refractivity contribution in [2.75, 3.05) is 33.5 Å². The largest absolute Gasteiger partial charge is 0.492 e. The molecule has 0 aromatic heterocycles. The summed E-state index contributed by atoms with van der Waals surface area (Å²) in [6.45, 7) is 1.97. The fourth-order valence-electron chi connectivity index (χ4n) is 2.21. The van der Waals surface area contributed by atoms with Crippen molar-refractivity contribution < 1.29 is 19.0 Å². The molecule has 1 aliphatic heterocycles. The van der Waals surface area contributed by atoms with Crippen LogP contribution >= 0.6 is 11.6 Å². The maximum Gasteiger partial charge on any atom is 0.222 e. The number of hydrogen-bond donors (Lipinski definition) is 1. The molecule has 0 aliphatic carbocycles. The molecule has 0 saturated heterocycles. The van der Waals surface area contributed by atoms with Crippen molar-refractivity contribution in [2.45, 2.75) is 18.9 Å². The van der Waals surface area contributed by atoms with Crippen LogP contribution in [0.3, 0.4) is 0 Å². The summed E-state index contributed by atoms with van der Waals surface area (Å²) in [5.74, 6) is 0.636. The van der Waals surface area contributed by atoms with Crippen molar-refractivity contribution in [1.29, 1.82) is 0 Å². The number of rotatable bonds is 7. The normalized spacial score (nSPS) is 17.0. The third-order valence-corrected chi connectivity index (χ3v) is 3.56. The molecule has 0 bridgehead atoms. The van der Waals surface area contributed by atoms with Crippen LogP contribution in [0.25, 0.3) is 0 Å². The van der Waals surface area contributed by atoms with Gasteiger partial charge in [-0.05, 0) is 6.07 Å². The van der Waals surface area contributed by atoms with E-state index in [1.807, 2.05) is 12.1 Å². The van der Waals surface area contributed by atoms with Gasteiger partial charge in [0, 0.05) is 25.5 Å². The topological polar surface area (TPSA) is 56.8 Å². The smallest absolute Gasteiger partial charge is 0.222 e. The molecule has 1 atom stereocenters. The SMILES string of the molecule is COCCOCCC(=O)N[C@@H]1CCOc2c(Cl)cccc21. The Morgan fingerprint density at radius 2 is 2.29 bits per heavy atom. The highest BCUT2D eigenvalue weighted by atomic mass is 35.5. The van der Waals surface area contributed by atoms with Crippen LogP contribution < -0.4 is 10.1 Å². The molecular formula is C15H20ClNO4. The Balaban J connectivity index is 1.84. The van der Waals surface area contributed by atoms with Crippen molar-refractivity contribution in [3.8, 4) is 5.75 Å². The Labute approximate surface area is 129 Å². The molecule has 2 rings (SSSR count). The first kappa shape index (κ1) is 16.1. The first-order valence-electron chi connectivity index (χ1n) is 6.99. The second-order valence-corrected chi connectivity index (χ2v) is 5.18. The number of hydrogen-bond acceptors (Lipinski definition) is 4. The van der Waals surface area contributed by atoms with Crippen molar-refractivity contribution >= 4 is 17.5 Å². The van der Waals surface area contributed by atoms with E-state index in [1.54, 1.807) is 13.2 Å². The number of para-hydroxylation sites is 1. The summed E-state index contributed by atoms with van der Waals surface area (Å²) in [6.07, 6.45) is 1.07. The van der Waals surface area contributed by atoms with Gasteiger partial charge in [-0.25, -0.2) is 0 Å². The summed E-state index contributed by atoms with van der Waals surface area (Å²) >= 11 is 6.11. The molecule has 0 radical (unpaired) electrons. The highest BCUT2D eigenvalue weighted by Gasteiger charge is 2.24. The van der Waals surface area contributed by atoms with Gasteiger partial charge in [0.05, 0.1) is 37.5 Å². The fraction of sp³-hybridized carbons (Fsp3) is 0.533. The van der Waals surface area contributed by atoms with E-state index in [-0.39, 0.29) is 11.9 Å². The highest BCUT2D eigenvalue weighted by molar-refractivity contribution is 6.32. The number of fused-ring (bicyclic) bond motifs is 1. The molecule has 5 nitrogen and oxygen atoms in total. The average Bonchev–Trinajstić information content (AvgIpc) is 2.48. The number of carbonyl (C=O) groups is 1. The summed E-state index contributed by atoms with van der Waals surface area (Å²) in [5.41, 5.74) is 0.933. The van der Waals surface area contributed by atoms with Crippen LogP contribution in [0, 0.1) is 0 Å². The molecular weight excluding hydrogens is 294 g/mol. The standard InChI is InChI=1S/C15H20ClNO4/c1-19-9-10-20-7-6-14(18)17-13-5-8-21-15-11(13)3-2-4-12(15)16/h2-4,13H,5-10H2,1H3,(H,17,18)/t13-/m1/s1. The van der Waals surface area contributed by atoms with E-state index in [1.165, 1.54) is 0 Å².